The van der Waals surface area contributed by atoms with Crippen LogP contribution in [0.1, 0.15) is 50.8 Å². The van der Waals surface area contributed by atoms with Crippen molar-refractivity contribution in [1.82, 2.24) is 19.0 Å². The highest BCUT2D eigenvalue weighted by molar-refractivity contribution is 5.84. The van der Waals surface area contributed by atoms with E-state index < -0.39 is 0 Å². The van der Waals surface area contributed by atoms with Crippen molar-refractivity contribution in [3.05, 3.63) is 76.3 Å². The van der Waals surface area contributed by atoms with Crippen molar-refractivity contribution in [2.24, 2.45) is 12.5 Å². The van der Waals surface area contributed by atoms with Crippen LogP contribution >= 0.6 is 0 Å². The molecule has 0 saturated carbocycles. The summed E-state index contributed by atoms with van der Waals surface area (Å²) >= 11 is 0. The molecule has 6 heteroatoms. The number of rotatable bonds is 5. The Kier molecular flexibility index (Phi) is 6.25. The molecule has 1 saturated heterocycles. The zero-order valence-corrected chi connectivity index (χ0v) is 22.2. The zero-order valence-electron chi connectivity index (χ0n) is 22.2. The molecule has 188 valence electrons. The Labute approximate surface area is 213 Å². The van der Waals surface area contributed by atoms with Crippen molar-refractivity contribution in [2.75, 3.05) is 13.6 Å². The quantitative estimate of drug-likeness (QED) is 0.333. The highest BCUT2D eigenvalue weighted by Crippen LogP contribution is 2.38. The highest BCUT2D eigenvalue weighted by atomic mass is 16.5. The molecule has 0 N–H and O–H groups in total. The van der Waals surface area contributed by atoms with Gasteiger partial charge in [0.2, 0.25) is 5.88 Å². The third kappa shape index (κ3) is 4.58. The molecule has 3 heterocycles. The molecule has 0 amide bonds. The number of aromatic nitrogens is 3. The van der Waals surface area contributed by atoms with Crippen molar-refractivity contribution < 1.29 is 4.74 Å². The van der Waals surface area contributed by atoms with E-state index in [1.54, 1.807) is 10.8 Å². The Morgan fingerprint density at radius 2 is 1.86 bits per heavy atom. The van der Waals surface area contributed by atoms with E-state index in [-0.39, 0.29) is 11.1 Å². The van der Waals surface area contributed by atoms with Crippen LogP contribution in [0.3, 0.4) is 0 Å². The van der Waals surface area contributed by atoms with E-state index in [1.165, 1.54) is 6.42 Å². The van der Waals surface area contributed by atoms with Crippen LogP contribution in [0.25, 0.3) is 22.2 Å². The van der Waals surface area contributed by atoms with E-state index in [1.807, 2.05) is 23.7 Å². The minimum atomic E-state index is 0.0106. The normalized spacial score (nSPS) is 16.7. The second-order valence-corrected chi connectivity index (χ2v) is 11.3. The lowest BCUT2D eigenvalue weighted by Gasteiger charge is -2.21. The molecule has 0 unspecified atom stereocenters. The SMILES string of the molecule is Cc1ccc(Oc2ncccc2[C@@H]2CCCN2C)cc1-c1ccc2c(c1)n(C)c(=O)n2CC(C)(C)C. The van der Waals surface area contributed by atoms with Gasteiger partial charge in [0.15, 0.2) is 0 Å². The third-order valence-corrected chi connectivity index (χ3v) is 7.19. The fraction of sp³-hybridized carbons (Fsp3) is 0.400. The summed E-state index contributed by atoms with van der Waals surface area (Å²) in [5, 5.41) is 0. The molecule has 5 rings (SSSR count). The van der Waals surface area contributed by atoms with Crippen LogP contribution < -0.4 is 10.4 Å². The van der Waals surface area contributed by atoms with Crippen LogP contribution in [0.4, 0.5) is 0 Å². The molecule has 2 aromatic heterocycles. The van der Waals surface area contributed by atoms with Crippen LogP contribution in [0.15, 0.2) is 59.5 Å². The third-order valence-electron chi connectivity index (χ3n) is 7.19. The second kappa shape index (κ2) is 9.25. The lowest BCUT2D eigenvalue weighted by atomic mass is 9.96. The molecule has 0 bridgehead atoms. The number of nitrogens with zero attached hydrogens (tertiary/aromatic N) is 4. The second-order valence-electron chi connectivity index (χ2n) is 11.3. The molecule has 36 heavy (non-hydrogen) atoms. The van der Waals surface area contributed by atoms with E-state index in [0.29, 0.717) is 18.5 Å². The first-order valence-corrected chi connectivity index (χ1v) is 12.8. The summed E-state index contributed by atoms with van der Waals surface area (Å²) < 4.78 is 10.0. The number of aryl methyl sites for hydroxylation is 2. The summed E-state index contributed by atoms with van der Waals surface area (Å²) in [5.74, 6) is 1.43. The Morgan fingerprint density at radius 3 is 2.58 bits per heavy atom. The monoisotopic (exact) mass is 484 g/mol. The number of ether oxygens (including phenoxy) is 1. The maximum Gasteiger partial charge on any atom is 0.328 e. The van der Waals surface area contributed by atoms with Gasteiger partial charge < -0.3 is 4.74 Å². The van der Waals surface area contributed by atoms with Gasteiger partial charge in [-0.05, 0) is 85.8 Å². The summed E-state index contributed by atoms with van der Waals surface area (Å²) in [7, 11) is 4.01. The van der Waals surface area contributed by atoms with Gasteiger partial charge in [0.05, 0.1) is 11.0 Å². The molecule has 6 nitrogen and oxygen atoms in total. The summed E-state index contributed by atoms with van der Waals surface area (Å²) in [4.78, 5) is 20.0. The summed E-state index contributed by atoms with van der Waals surface area (Å²) in [6.45, 7) is 10.3. The van der Waals surface area contributed by atoms with E-state index in [4.69, 9.17) is 4.74 Å². The molecular weight excluding hydrogens is 448 g/mol. The summed E-state index contributed by atoms with van der Waals surface area (Å²) in [6, 6.07) is 16.9. The molecule has 0 spiro atoms. The molecule has 0 radical (unpaired) electrons. The Bertz CT molecular complexity index is 1470. The number of imidazole rings is 1. The maximum absolute atomic E-state index is 13.0. The predicted octanol–water partition coefficient (Wildman–Crippen LogP) is 6.32. The van der Waals surface area contributed by atoms with Gasteiger partial charge in [0.25, 0.3) is 0 Å². The molecule has 2 aromatic carbocycles. The fourth-order valence-corrected chi connectivity index (χ4v) is 5.33. The topological polar surface area (TPSA) is 52.3 Å². The molecule has 0 aliphatic carbocycles. The number of pyridine rings is 1. The van der Waals surface area contributed by atoms with Gasteiger partial charge in [-0.15, -0.1) is 0 Å². The zero-order chi connectivity index (χ0) is 25.6. The van der Waals surface area contributed by atoms with Gasteiger partial charge in [-0.3, -0.25) is 14.0 Å². The van der Waals surface area contributed by atoms with Gasteiger partial charge in [0, 0.05) is 31.4 Å². The van der Waals surface area contributed by atoms with Gasteiger partial charge in [-0.25, -0.2) is 9.78 Å². The first-order valence-electron chi connectivity index (χ1n) is 12.8. The largest absolute Gasteiger partial charge is 0.439 e. The molecule has 1 fully saturated rings. The van der Waals surface area contributed by atoms with Crippen molar-refractivity contribution >= 4 is 11.0 Å². The van der Waals surface area contributed by atoms with Crippen molar-refractivity contribution in [3.63, 3.8) is 0 Å². The summed E-state index contributed by atoms with van der Waals surface area (Å²) in [5.41, 5.74) is 6.36. The first-order chi connectivity index (χ1) is 17.1. The smallest absolute Gasteiger partial charge is 0.328 e. The van der Waals surface area contributed by atoms with Crippen molar-refractivity contribution in [3.8, 4) is 22.8 Å². The van der Waals surface area contributed by atoms with E-state index in [0.717, 1.165) is 52.0 Å². The Balaban J connectivity index is 1.51. The summed E-state index contributed by atoms with van der Waals surface area (Å²) in [6.07, 6.45) is 4.09. The van der Waals surface area contributed by atoms with E-state index >= 15 is 0 Å². The highest BCUT2D eigenvalue weighted by Gasteiger charge is 2.26. The lowest BCUT2D eigenvalue weighted by molar-refractivity contribution is 0.308. The Hall–Kier alpha value is -3.38. The molecule has 1 atom stereocenters. The minimum Gasteiger partial charge on any atom is -0.439 e. The molecular formula is C30H36N4O2. The van der Waals surface area contributed by atoms with E-state index in [9.17, 15) is 4.79 Å². The molecule has 1 aliphatic rings. The number of hydrogen-bond donors (Lipinski definition) is 0. The number of benzene rings is 2. The first kappa shape index (κ1) is 24.3. The maximum atomic E-state index is 13.0. The Morgan fingerprint density at radius 1 is 1.06 bits per heavy atom. The van der Waals surface area contributed by atoms with Crippen LogP contribution in [0, 0.1) is 12.3 Å². The number of hydrogen-bond acceptors (Lipinski definition) is 4. The van der Waals surface area contributed by atoms with Gasteiger partial charge >= 0.3 is 5.69 Å². The van der Waals surface area contributed by atoms with Crippen molar-refractivity contribution in [1.29, 1.82) is 0 Å². The lowest BCUT2D eigenvalue weighted by Crippen LogP contribution is -2.27. The standard InChI is InChI=1S/C30H36N4O2/c1-20-11-13-22(36-28-23(9-7-15-31-28)25-10-8-16-32(25)5)18-24(20)21-12-14-26-27(17-21)33(6)29(35)34(26)19-30(2,3)4/h7,9,11-15,17-18,25H,8,10,16,19H2,1-6H3/t25-/m0/s1. The van der Waals surface area contributed by atoms with Crippen LogP contribution in [-0.4, -0.2) is 32.6 Å². The van der Waals surface area contributed by atoms with Gasteiger partial charge in [0.1, 0.15) is 5.75 Å². The van der Waals surface area contributed by atoms with Crippen molar-refractivity contribution in [2.45, 2.75) is 53.1 Å². The van der Waals surface area contributed by atoms with Crippen LogP contribution in [0.5, 0.6) is 11.6 Å². The predicted molar refractivity (Wildman–Crippen MR) is 146 cm³/mol. The van der Waals surface area contributed by atoms with Gasteiger partial charge in [-0.2, -0.15) is 0 Å². The number of likely N-dealkylation sites (tertiary alicyclic amines) is 1. The fourth-order valence-electron chi connectivity index (χ4n) is 5.33. The van der Waals surface area contributed by atoms with E-state index in [2.05, 4.69) is 81.0 Å². The average molecular weight is 485 g/mol. The number of fused-ring (bicyclic) bond motifs is 1. The van der Waals surface area contributed by atoms with Gasteiger partial charge in [-0.1, -0.05) is 39.0 Å². The average Bonchev–Trinajstić information content (AvgIpc) is 3.36. The van der Waals surface area contributed by atoms with Crippen LogP contribution in [-0.2, 0) is 13.6 Å². The van der Waals surface area contributed by atoms with Crippen LogP contribution in [0.2, 0.25) is 0 Å². The molecule has 1 aliphatic heterocycles. The minimum absolute atomic E-state index is 0.0106. The molecule has 4 aromatic rings.